The number of hydrogen-bond donors (Lipinski definition) is 2. The Kier molecular flexibility index (Phi) is 9.64. The lowest BCUT2D eigenvalue weighted by molar-refractivity contribution is -0.115. The molecule has 0 spiro atoms. The highest BCUT2D eigenvalue weighted by Crippen LogP contribution is 2.28. The van der Waals surface area contributed by atoms with E-state index in [1.165, 1.54) is 6.08 Å². The second-order valence-corrected chi connectivity index (χ2v) is 7.92. The van der Waals surface area contributed by atoms with E-state index < -0.39 is 0 Å². The highest BCUT2D eigenvalue weighted by Gasteiger charge is 2.07. The van der Waals surface area contributed by atoms with Crippen LogP contribution in [0, 0.1) is 5.92 Å². The van der Waals surface area contributed by atoms with E-state index in [4.69, 9.17) is 33.3 Å². The van der Waals surface area contributed by atoms with E-state index in [0.717, 1.165) is 17.5 Å². The Morgan fingerprint density at radius 3 is 2.57 bits per heavy atom. The molecule has 2 rings (SSSR count). The minimum atomic E-state index is -0.311. The van der Waals surface area contributed by atoms with Crippen molar-refractivity contribution in [2.45, 2.75) is 26.8 Å². The largest absolute Gasteiger partial charge is 0.493 e. The van der Waals surface area contributed by atoms with Gasteiger partial charge in [-0.1, -0.05) is 43.6 Å². The number of amides is 1. The van der Waals surface area contributed by atoms with Crippen LogP contribution in [0.15, 0.2) is 48.5 Å². The molecule has 5 nitrogen and oxygen atoms in total. The maximum Gasteiger partial charge on any atom is 0.250 e. The maximum absolute atomic E-state index is 12.0. The fourth-order valence-corrected chi connectivity index (χ4v) is 2.77. The molecule has 2 aromatic carbocycles. The quantitative estimate of drug-likeness (QED) is 0.420. The molecule has 0 saturated heterocycles. The summed E-state index contributed by atoms with van der Waals surface area (Å²) in [4.78, 5) is 12.0. The molecule has 0 aliphatic carbocycles. The SMILES string of the molecule is COc1cc(CNC(=S)NC(=O)/C=C/c2ccc(Cl)cc2)ccc1OCCC(C)C. The fourth-order valence-electron chi connectivity index (χ4n) is 2.47. The zero-order chi connectivity index (χ0) is 21.9. The van der Waals surface area contributed by atoms with Crippen LogP contribution >= 0.6 is 23.8 Å². The second-order valence-electron chi connectivity index (χ2n) is 7.07. The zero-order valence-corrected chi connectivity index (χ0v) is 19.0. The Bertz CT molecular complexity index is 883. The predicted molar refractivity (Wildman–Crippen MR) is 126 cm³/mol. The van der Waals surface area contributed by atoms with E-state index in [2.05, 4.69) is 24.5 Å². The molecular weight excluding hydrogens is 420 g/mol. The summed E-state index contributed by atoms with van der Waals surface area (Å²) in [6, 6.07) is 12.9. The lowest BCUT2D eigenvalue weighted by Gasteiger charge is -2.14. The lowest BCUT2D eigenvalue weighted by Crippen LogP contribution is -2.37. The zero-order valence-electron chi connectivity index (χ0n) is 17.4. The first kappa shape index (κ1) is 23.7. The number of carbonyl (C=O) groups is 1. The summed E-state index contributed by atoms with van der Waals surface area (Å²) in [7, 11) is 1.61. The van der Waals surface area contributed by atoms with Crippen LogP contribution in [0.25, 0.3) is 6.08 Å². The first-order valence-corrected chi connectivity index (χ1v) is 10.5. The van der Waals surface area contributed by atoms with Gasteiger partial charge in [-0.3, -0.25) is 10.1 Å². The molecule has 30 heavy (non-hydrogen) atoms. The highest BCUT2D eigenvalue weighted by atomic mass is 35.5. The van der Waals surface area contributed by atoms with E-state index in [0.29, 0.717) is 35.6 Å². The fraction of sp³-hybridized carbons (Fsp3) is 0.304. The topological polar surface area (TPSA) is 59.6 Å². The van der Waals surface area contributed by atoms with Crippen molar-refractivity contribution in [3.63, 3.8) is 0 Å². The summed E-state index contributed by atoms with van der Waals surface area (Å²) in [5.41, 5.74) is 1.83. The monoisotopic (exact) mass is 446 g/mol. The van der Waals surface area contributed by atoms with Gasteiger partial charge in [-0.2, -0.15) is 0 Å². The Morgan fingerprint density at radius 2 is 1.90 bits per heavy atom. The third-order valence-corrected chi connectivity index (χ3v) is 4.67. The van der Waals surface area contributed by atoms with Gasteiger partial charge in [0.25, 0.3) is 0 Å². The summed E-state index contributed by atoms with van der Waals surface area (Å²) >= 11 is 11.0. The molecule has 0 fully saturated rings. The third-order valence-electron chi connectivity index (χ3n) is 4.17. The van der Waals surface area contributed by atoms with Gasteiger partial charge in [0.15, 0.2) is 16.6 Å². The Balaban J connectivity index is 1.83. The van der Waals surface area contributed by atoms with Crippen LogP contribution < -0.4 is 20.1 Å². The van der Waals surface area contributed by atoms with Gasteiger partial charge in [-0.05, 0) is 66.0 Å². The standard InChI is InChI=1S/C23H27ClN2O3S/c1-16(2)12-13-29-20-10-6-18(14-21(20)28-3)15-25-23(30)26-22(27)11-7-17-4-8-19(24)9-5-17/h4-11,14,16H,12-13,15H2,1-3H3,(H2,25,26,27,30)/b11-7+. The van der Waals surface area contributed by atoms with Gasteiger partial charge >= 0.3 is 0 Å². The van der Waals surface area contributed by atoms with E-state index in [1.807, 2.05) is 30.3 Å². The summed E-state index contributed by atoms with van der Waals surface area (Å²) in [6.07, 6.45) is 4.09. The van der Waals surface area contributed by atoms with Crippen molar-refractivity contribution in [1.29, 1.82) is 0 Å². The van der Waals surface area contributed by atoms with Crippen molar-refractivity contribution < 1.29 is 14.3 Å². The molecule has 7 heteroatoms. The average molecular weight is 447 g/mol. The van der Waals surface area contributed by atoms with Crippen LogP contribution in [-0.4, -0.2) is 24.7 Å². The summed E-state index contributed by atoms with van der Waals surface area (Å²) in [6.45, 7) is 5.41. The number of carbonyl (C=O) groups excluding carboxylic acids is 1. The van der Waals surface area contributed by atoms with Gasteiger partial charge in [0, 0.05) is 17.6 Å². The number of hydrogen-bond acceptors (Lipinski definition) is 4. The number of benzene rings is 2. The van der Waals surface area contributed by atoms with E-state index >= 15 is 0 Å². The van der Waals surface area contributed by atoms with Crippen LogP contribution in [0.4, 0.5) is 0 Å². The molecule has 2 N–H and O–H groups in total. The van der Waals surface area contributed by atoms with Crippen molar-refractivity contribution >= 4 is 40.9 Å². The first-order valence-electron chi connectivity index (χ1n) is 9.69. The molecule has 0 saturated carbocycles. The number of rotatable bonds is 9. The van der Waals surface area contributed by atoms with Gasteiger partial charge in [0.05, 0.1) is 13.7 Å². The molecule has 0 aliphatic rings. The number of halogens is 1. The van der Waals surface area contributed by atoms with E-state index in [-0.39, 0.29) is 11.0 Å². The first-order chi connectivity index (χ1) is 14.4. The Morgan fingerprint density at radius 1 is 1.17 bits per heavy atom. The Labute approximate surface area is 188 Å². The average Bonchev–Trinajstić information content (AvgIpc) is 2.72. The van der Waals surface area contributed by atoms with Crippen molar-refractivity contribution in [2.24, 2.45) is 5.92 Å². The van der Waals surface area contributed by atoms with Gasteiger partial charge in [0.2, 0.25) is 5.91 Å². The predicted octanol–water partition coefficient (Wildman–Crippen LogP) is 4.98. The molecule has 160 valence electrons. The molecule has 2 aromatic rings. The highest BCUT2D eigenvalue weighted by molar-refractivity contribution is 7.80. The van der Waals surface area contributed by atoms with Crippen LogP contribution in [0.2, 0.25) is 5.02 Å². The number of methoxy groups -OCH3 is 1. The molecule has 0 radical (unpaired) electrons. The van der Waals surface area contributed by atoms with E-state index in [9.17, 15) is 4.79 Å². The molecular formula is C23H27ClN2O3S. The van der Waals surface area contributed by atoms with Crippen LogP contribution in [-0.2, 0) is 11.3 Å². The van der Waals surface area contributed by atoms with Gasteiger partial charge in [0.1, 0.15) is 0 Å². The summed E-state index contributed by atoms with van der Waals surface area (Å²) < 4.78 is 11.2. The maximum atomic E-state index is 12.0. The normalized spacial score (nSPS) is 10.8. The Hall–Kier alpha value is -2.57. The van der Waals surface area contributed by atoms with Gasteiger partial charge in [-0.15, -0.1) is 0 Å². The lowest BCUT2D eigenvalue weighted by atomic mass is 10.1. The van der Waals surface area contributed by atoms with Crippen LogP contribution in [0.5, 0.6) is 11.5 Å². The van der Waals surface area contributed by atoms with Crippen LogP contribution in [0.3, 0.4) is 0 Å². The number of nitrogens with one attached hydrogen (secondary N) is 2. The van der Waals surface area contributed by atoms with Gasteiger partial charge in [-0.25, -0.2) is 0 Å². The van der Waals surface area contributed by atoms with Crippen molar-refractivity contribution in [1.82, 2.24) is 10.6 Å². The third kappa shape index (κ3) is 8.43. The molecule has 0 unspecified atom stereocenters. The second kappa shape index (κ2) is 12.2. The molecule has 0 atom stereocenters. The van der Waals surface area contributed by atoms with Crippen molar-refractivity contribution in [2.75, 3.05) is 13.7 Å². The summed E-state index contributed by atoms with van der Waals surface area (Å²) in [5, 5.41) is 6.53. The van der Waals surface area contributed by atoms with Crippen molar-refractivity contribution in [3.05, 3.63) is 64.7 Å². The van der Waals surface area contributed by atoms with E-state index in [1.54, 1.807) is 25.3 Å². The smallest absolute Gasteiger partial charge is 0.250 e. The van der Waals surface area contributed by atoms with Crippen molar-refractivity contribution in [3.8, 4) is 11.5 Å². The molecule has 1 amide bonds. The van der Waals surface area contributed by atoms with Crippen LogP contribution in [0.1, 0.15) is 31.4 Å². The minimum absolute atomic E-state index is 0.247. The number of ether oxygens (including phenoxy) is 2. The summed E-state index contributed by atoms with van der Waals surface area (Å²) in [5.74, 6) is 1.65. The molecule has 0 aliphatic heterocycles. The van der Waals surface area contributed by atoms with Gasteiger partial charge < -0.3 is 14.8 Å². The molecule has 0 aromatic heterocycles. The number of thiocarbonyl (C=S) groups is 1. The molecule has 0 bridgehead atoms. The minimum Gasteiger partial charge on any atom is -0.493 e. The molecule has 0 heterocycles.